The van der Waals surface area contributed by atoms with Crippen molar-refractivity contribution in [2.75, 3.05) is 57.2 Å². The number of anilines is 2. The number of rotatable bonds is 27. The van der Waals surface area contributed by atoms with Crippen LogP contribution in [0.1, 0.15) is 180 Å². The molecule has 502 valence electrons. The number of piperidine rings is 2. The van der Waals surface area contributed by atoms with Gasteiger partial charge in [-0.05, 0) is 173 Å². The van der Waals surface area contributed by atoms with Crippen molar-refractivity contribution in [2.24, 2.45) is 21.5 Å². The number of nitrogens with zero attached hydrogens (tertiary/aromatic N) is 6. The SMILES string of the molecule is CC.CO.Cc1cc(N(C)C(N)=O)cc(C)c1/C=C/S(=O)(=O)N1CCC2(CC1)N=C(CCCCCCC/C=C/c1ccccc1)NC2=O.Cc1cc(N(C)C(N)=O)cc(C)c1/C=C/S(=O)(=O)N1CCC2(CC1)N=C(CCCCCCCCCc1ccccc1)NC2=O. The van der Waals surface area contributed by atoms with Gasteiger partial charge in [0.25, 0.3) is 11.8 Å². The number of aliphatic imine (C=N–C) groups is 2. The van der Waals surface area contributed by atoms with E-state index in [1.807, 2.05) is 59.7 Å². The maximum atomic E-state index is 13.2. The number of nitrogens with two attached hydrogens (primary N) is 2. The van der Waals surface area contributed by atoms with Crippen LogP contribution in [0.2, 0.25) is 0 Å². The summed E-state index contributed by atoms with van der Waals surface area (Å²) in [5.41, 5.74) is 17.8. The van der Waals surface area contributed by atoms with Crippen LogP contribution in [0.15, 0.2) is 112 Å². The minimum atomic E-state index is -3.69. The molecule has 4 aromatic rings. The second-order valence-electron chi connectivity index (χ2n) is 23.9. The number of hydrogen-bond acceptors (Lipinski definition) is 11. The van der Waals surface area contributed by atoms with Gasteiger partial charge in [0.05, 0.1) is 0 Å². The number of nitrogens with one attached hydrogen (secondary N) is 2. The highest BCUT2D eigenvalue weighted by molar-refractivity contribution is 7.92. The van der Waals surface area contributed by atoms with Crippen LogP contribution in [0.25, 0.3) is 18.2 Å². The van der Waals surface area contributed by atoms with Crippen LogP contribution in [0.3, 0.4) is 0 Å². The maximum Gasteiger partial charge on any atom is 0.318 e. The van der Waals surface area contributed by atoms with E-state index >= 15 is 0 Å². The van der Waals surface area contributed by atoms with Crippen LogP contribution in [-0.4, -0.2) is 125 Å². The smallest absolute Gasteiger partial charge is 0.318 e. The van der Waals surface area contributed by atoms with Gasteiger partial charge in [0.15, 0.2) is 0 Å². The van der Waals surface area contributed by atoms with E-state index < -0.39 is 43.2 Å². The lowest BCUT2D eigenvalue weighted by Gasteiger charge is -2.34. The third-order valence-electron chi connectivity index (χ3n) is 17.4. The van der Waals surface area contributed by atoms with E-state index in [0.29, 0.717) is 37.1 Å². The second-order valence-corrected chi connectivity index (χ2v) is 27.6. The maximum absolute atomic E-state index is 13.2. The van der Waals surface area contributed by atoms with Crippen LogP contribution in [-0.2, 0) is 36.1 Å². The Hall–Kier alpha value is -7.30. The van der Waals surface area contributed by atoms with Gasteiger partial charge in [-0.15, -0.1) is 0 Å². The molecule has 21 heteroatoms. The highest BCUT2D eigenvalue weighted by Crippen LogP contribution is 2.35. The van der Waals surface area contributed by atoms with Crippen LogP contribution < -0.4 is 31.9 Å². The first kappa shape index (κ1) is 75.4. The molecule has 2 fully saturated rings. The Bertz CT molecular complexity index is 3420. The van der Waals surface area contributed by atoms with Crippen molar-refractivity contribution in [1.82, 2.24) is 19.2 Å². The number of carbonyl (C=O) groups excluding carboxylic acids is 4. The van der Waals surface area contributed by atoms with Crippen molar-refractivity contribution in [2.45, 2.75) is 181 Å². The summed E-state index contributed by atoms with van der Waals surface area (Å²) < 4.78 is 55.6. The van der Waals surface area contributed by atoms with E-state index in [1.165, 1.54) is 85.3 Å². The van der Waals surface area contributed by atoms with Gasteiger partial charge >= 0.3 is 12.1 Å². The molecule has 0 bridgehead atoms. The Balaban J connectivity index is 0.000000317. The van der Waals surface area contributed by atoms with Crippen molar-refractivity contribution < 1.29 is 41.1 Å². The summed E-state index contributed by atoms with van der Waals surface area (Å²) in [6.45, 7) is 12.4. The number of aliphatic hydroxyl groups excluding tert-OH is 1. The largest absolute Gasteiger partial charge is 0.400 e. The van der Waals surface area contributed by atoms with E-state index in [0.717, 1.165) is 110 Å². The standard InChI is InChI=1S/C34H47N5O4S.C34H45N5O4S.C2H6.CH4O/c2*1-26-24-29(38(3)33(35)41)25-27(2)30(26)18-23-44(42,43)39-21-19-34(20-22-39)32(40)36-31(37-34)17-13-8-6-4-5-7-10-14-28-15-11-9-12-16-28;2*1-2/h9,11-12,15-16,18,23-25H,4-8,10,13-14,17,19-22H2,1-3H3,(H2,35,41)(H,36,37,40);9-12,14-16,18,23-25H,4-8,13,17,19-22H2,1-3H3,(H2,35,41)(H,36,37,40);1-2H3;2H,1H3/b23-18+;14-10+,23-18+;;. The van der Waals surface area contributed by atoms with Gasteiger partial charge in [-0.2, -0.15) is 8.61 Å². The fourth-order valence-electron chi connectivity index (χ4n) is 11.9. The molecule has 8 rings (SSSR count). The molecular formula is C71H102N10O9S2. The van der Waals surface area contributed by atoms with Gasteiger partial charge in [0.1, 0.15) is 22.7 Å². The fourth-order valence-corrected chi connectivity index (χ4v) is 14.2. The number of carbonyl (C=O) groups is 4. The van der Waals surface area contributed by atoms with E-state index in [1.54, 1.807) is 50.5 Å². The number of amidine groups is 2. The second kappa shape index (κ2) is 36.8. The number of unbranched alkanes of at least 4 members (excludes halogenated alkanes) is 11. The van der Waals surface area contributed by atoms with Crippen LogP contribution in [0.4, 0.5) is 21.0 Å². The summed E-state index contributed by atoms with van der Waals surface area (Å²) in [5.74, 6) is 1.25. The van der Waals surface area contributed by atoms with Crippen LogP contribution >= 0.6 is 0 Å². The Morgan fingerprint density at radius 2 is 0.870 bits per heavy atom. The zero-order valence-corrected chi connectivity index (χ0v) is 57.5. The summed E-state index contributed by atoms with van der Waals surface area (Å²) in [7, 11) is -3.20. The molecule has 2 spiro atoms. The first-order valence-electron chi connectivity index (χ1n) is 32.7. The summed E-state index contributed by atoms with van der Waals surface area (Å²) >= 11 is 0. The molecule has 4 aromatic carbocycles. The summed E-state index contributed by atoms with van der Waals surface area (Å²) in [4.78, 5) is 61.2. The lowest BCUT2D eigenvalue weighted by molar-refractivity contribution is -0.125. The molecule has 7 N–H and O–H groups in total. The van der Waals surface area contributed by atoms with E-state index in [2.05, 4.69) is 65.3 Å². The topological polar surface area (TPSA) is 271 Å². The van der Waals surface area contributed by atoms with Crippen molar-refractivity contribution in [3.63, 3.8) is 0 Å². The van der Waals surface area contributed by atoms with Crippen molar-refractivity contribution in [1.29, 1.82) is 0 Å². The molecule has 19 nitrogen and oxygen atoms in total. The van der Waals surface area contributed by atoms with Gasteiger partial charge in [0, 0.05) is 82.4 Å². The zero-order valence-electron chi connectivity index (χ0n) is 55.9. The quantitative estimate of drug-likeness (QED) is 0.0355. The van der Waals surface area contributed by atoms with Crippen LogP contribution in [0.5, 0.6) is 0 Å². The summed E-state index contributed by atoms with van der Waals surface area (Å²) in [5, 5.41) is 15.4. The molecule has 0 aliphatic carbocycles. The summed E-state index contributed by atoms with van der Waals surface area (Å²) in [6.07, 6.45) is 26.6. The molecule has 0 aromatic heterocycles. The lowest BCUT2D eigenvalue weighted by atomic mass is 9.89. The predicted octanol–water partition coefficient (Wildman–Crippen LogP) is 12.4. The Morgan fingerprint density at radius 3 is 1.24 bits per heavy atom. The van der Waals surface area contributed by atoms with Gasteiger partial charge in [-0.25, -0.2) is 26.4 Å². The Labute approximate surface area is 548 Å². The normalized spacial score (nSPS) is 16.3. The number of aryl methyl sites for hydroxylation is 5. The zero-order chi connectivity index (χ0) is 67.5. The monoisotopic (exact) mass is 1300 g/mol. The summed E-state index contributed by atoms with van der Waals surface area (Å²) in [6, 6.07) is 27.0. The predicted molar refractivity (Wildman–Crippen MR) is 376 cm³/mol. The van der Waals surface area contributed by atoms with Crippen molar-refractivity contribution >= 4 is 85.2 Å². The molecule has 0 radical (unpaired) electrons. The molecule has 0 atom stereocenters. The first-order chi connectivity index (χ1) is 44.0. The number of hydrogen-bond donors (Lipinski definition) is 5. The molecule has 2 saturated heterocycles. The van der Waals surface area contributed by atoms with Crippen molar-refractivity contribution in [3.8, 4) is 0 Å². The van der Waals surface area contributed by atoms with Gasteiger partial charge < -0.3 is 27.2 Å². The number of benzene rings is 4. The average molecular weight is 1300 g/mol. The highest BCUT2D eigenvalue weighted by Gasteiger charge is 2.48. The van der Waals surface area contributed by atoms with Crippen LogP contribution in [0, 0.1) is 27.7 Å². The molecule has 0 saturated carbocycles. The van der Waals surface area contributed by atoms with Crippen molar-refractivity contribution in [3.05, 3.63) is 146 Å². The molecular weight excluding hydrogens is 1200 g/mol. The molecule has 4 aliphatic rings. The number of aliphatic hydroxyl groups is 1. The number of amides is 6. The van der Waals surface area contributed by atoms with Gasteiger partial charge in [0.2, 0.25) is 20.0 Å². The molecule has 0 unspecified atom stereocenters. The van der Waals surface area contributed by atoms with E-state index in [4.69, 9.17) is 26.6 Å². The van der Waals surface area contributed by atoms with Gasteiger partial charge in [-0.1, -0.05) is 138 Å². The minimum Gasteiger partial charge on any atom is -0.400 e. The number of allylic oxidation sites excluding steroid dienone is 1. The number of primary amides is 2. The fraction of sp³-hybridized carbons (Fsp3) is 0.493. The molecule has 92 heavy (non-hydrogen) atoms. The molecule has 4 heterocycles. The number of sulfonamides is 2. The third kappa shape index (κ3) is 21.9. The first-order valence-corrected chi connectivity index (χ1v) is 35.7. The van der Waals surface area contributed by atoms with E-state index in [-0.39, 0.29) is 38.0 Å². The number of urea groups is 2. The minimum absolute atomic E-state index is 0.106. The highest BCUT2D eigenvalue weighted by atomic mass is 32.2. The Morgan fingerprint density at radius 1 is 0.533 bits per heavy atom. The Kier molecular flexibility index (Phi) is 30.2. The third-order valence-corrected chi connectivity index (χ3v) is 20.5. The average Bonchev–Trinajstić information content (AvgIpc) is 1.62. The van der Waals surface area contributed by atoms with E-state index in [9.17, 15) is 36.0 Å². The molecule has 6 amide bonds. The lowest BCUT2D eigenvalue weighted by Crippen LogP contribution is -2.50. The molecule has 4 aliphatic heterocycles. The van der Waals surface area contributed by atoms with Gasteiger partial charge in [-0.3, -0.25) is 29.4 Å².